The van der Waals surface area contributed by atoms with Crippen LogP contribution < -0.4 is 5.32 Å². The quantitative estimate of drug-likeness (QED) is 0.0420. The van der Waals surface area contributed by atoms with Crippen molar-refractivity contribution in [3.05, 3.63) is 48.6 Å². The van der Waals surface area contributed by atoms with Crippen LogP contribution in [-0.4, -0.2) is 34.9 Å². The van der Waals surface area contributed by atoms with Crippen LogP contribution in [-0.2, 0) is 4.79 Å². The van der Waals surface area contributed by atoms with Gasteiger partial charge in [0.1, 0.15) is 0 Å². The molecule has 0 spiro atoms. The normalized spacial score (nSPS) is 13.0. The van der Waals surface area contributed by atoms with Gasteiger partial charge in [-0.15, -0.1) is 0 Å². The molecule has 0 heterocycles. The highest BCUT2D eigenvalue weighted by Gasteiger charge is 2.18. The Bertz CT molecular complexity index is 1160. The molecule has 4 nitrogen and oxygen atoms in total. The highest BCUT2D eigenvalue weighted by molar-refractivity contribution is 5.76. The van der Waals surface area contributed by atoms with Crippen LogP contribution in [0.25, 0.3) is 0 Å². The lowest BCUT2D eigenvalue weighted by molar-refractivity contribution is -0.123. The molecule has 1 amide bonds. The van der Waals surface area contributed by atoms with Crippen LogP contribution in [0.4, 0.5) is 0 Å². The van der Waals surface area contributed by atoms with E-state index in [1.165, 1.54) is 308 Å². The summed E-state index contributed by atoms with van der Waals surface area (Å²) in [5.41, 5.74) is 0. The smallest absolute Gasteiger partial charge is 0.220 e. The van der Waals surface area contributed by atoms with E-state index in [4.69, 9.17) is 0 Å². The lowest BCUT2D eigenvalue weighted by atomic mass is 10.0. The fraction of sp³-hybridized carbons (Fsp3) is 0.870. The maximum atomic E-state index is 12.5. The number of carbonyl (C=O) groups is 1. The third-order valence-electron chi connectivity index (χ3n) is 15.6. The molecule has 4 heteroatoms. The van der Waals surface area contributed by atoms with Gasteiger partial charge in [-0.2, -0.15) is 0 Å². The SMILES string of the molecule is CCCCCCC/C=C\C/C=C\C/C=C\CCCCCCCCCCCCCCCCCCCCCCCCCCCCC(=O)NC(CO)C(O)/C=C/CCCCCCCCCCCCCCCCCCCC. The van der Waals surface area contributed by atoms with E-state index >= 15 is 0 Å². The average molecular weight is 1020 g/mol. The third kappa shape index (κ3) is 61.1. The Morgan fingerprint density at radius 1 is 0.329 bits per heavy atom. The van der Waals surface area contributed by atoms with Crippen LogP contribution in [0.5, 0.6) is 0 Å². The number of hydrogen-bond donors (Lipinski definition) is 3. The van der Waals surface area contributed by atoms with E-state index in [2.05, 4.69) is 55.6 Å². The Labute approximate surface area is 458 Å². The summed E-state index contributed by atoms with van der Waals surface area (Å²) in [6.45, 7) is 4.33. The Kier molecular flexibility index (Phi) is 63.2. The number of rotatable bonds is 62. The van der Waals surface area contributed by atoms with E-state index < -0.39 is 12.1 Å². The van der Waals surface area contributed by atoms with Crippen molar-refractivity contribution in [2.24, 2.45) is 0 Å². The highest BCUT2D eigenvalue weighted by Crippen LogP contribution is 2.18. The monoisotopic (exact) mass is 1020 g/mol. The highest BCUT2D eigenvalue weighted by atomic mass is 16.3. The van der Waals surface area contributed by atoms with Gasteiger partial charge >= 0.3 is 0 Å². The number of aliphatic hydroxyl groups excluding tert-OH is 2. The number of unbranched alkanes of at least 4 members (excludes halogenated alkanes) is 49. The van der Waals surface area contributed by atoms with Crippen LogP contribution in [0.1, 0.15) is 367 Å². The average Bonchev–Trinajstić information content (AvgIpc) is 3.40. The molecule has 73 heavy (non-hydrogen) atoms. The van der Waals surface area contributed by atoms with Gasteiger partial charge in [0, 0.05) is 6.42 Å². The summed E-state index contributed by atoms with van der Waals surface area (Å²) in [5.74, 6) is -0.0566. The van der Waals surface area contributed by atoms with Crippen molar-refractivity contribution >= 4 is 5.91 Å². The number of hydrogen-bond acceptors (Lipinski definition) is 3. The van der Waals surface area contributed by atoms with Crippen molar-refractivity contribution < 1.29 is 15.0 Å². The van der Waals surface area contributed by atoms with E-state index in [0.29, 0.717) is 6.42 Å². The first-order valence-electron chi connectivity index (χ1n) is 33.4. The van der Waals surface area contributed by atoms with Crippen molar-refractivity contribution in [3.63, 3.8) is 0 Å². The Morgan fingerprint density at radius 3 is 0.836 bits per heavy atom. The largest absolute Gasteiger partial charge is 0.394 e. The number of allylic oxidation sites excluding steroid dienone is 7. The van der Waals surface area contributed by atoms with Crippen LogP contribution in [0.15, 0.2) is 48.6 Å². The molecule has 0 aliphatic carbocycles. The van der Waals surface area contributed by atoms with Crippen LogP contribution >= 0.6 is 0 Å². The molecule has 2 unspecified atom stereocenters. The molecule has 0 radical (unpaired) electrons. The van der Waals surface area contributed by atoms with Crippen molar-refractivity contribution in [2.75, 3.05) is 6.61 Å². The van der Waals surface area contributed by atoms with Gasteiger partial charge in [0.15, 0.2) is 0 Å². The second-order valence-corrected chi connectivity index (χ2v) is 22.9. The molecule has 0 bridgehead atoms. The van der Waals surface area contributed by atoms with E-state index in [1.54, 1.807) is 6.08 Å². The number of nitrogens with one attached hydrogen (secondary N) is 1. The van der Waals surface area contributed by atoms with E-state index in [0.717, 1.165) is 38.5 Å². The second-order valence-electron chi connectivity index (χ2n) is 22.9. The standard InChI is InChI=1S/C69H131NO3/c1-3-5-7-9-11-13-15-17-19-21-23-25-26-27-28-29-30-31-32-33-34-35-36-37-38-39-40-41-42-43-44-45-47-49-51-53-55-57-59-61-63-65-69(73)70-67(66-71)68(72)64-62-60-58-56-54-52-50-48-46-24-22-20-18-16-14-12-10-8-6-4-2/h15,17,21,23,26-27,62,64,67-68,71-72H,3-14,16,18-20,22,24-25,28-61,63,65-66H2,1-2H3,(H,70,73)/b17-15-,23-21-,27-26-,64-62+. The molecule has 0 saturated carbocycles. The minimum absolute atomic E-state index is 0.0566. The van der Waals surface area contributed by atoms with Crippen molar-refractivity contribution in [3.8, 4) is 0 Å². The van der Waals surface area contributed by atoms with Gasteiger partial charge in [-0.1, -0.05) is 351 Å². The summed E-state index contributed by atoms with van der Waals surface area (Å²) in [5, 5.41) is 23.2. The summed E-state index contributed by atoms with van der Waals surface area (Å²) in [6.07, 6.45) is 90.4. The number of amides is 1. The maximum Gasteiger partial charge on any atom is 0.220 e. The minimum Gasteiger partial charge on any atom is -0.394 e. The molecule has 0 saturated heterocycles. The molecule has 0 rings (SSSR count). The van der Waals surface area contributed by atoms with E-state index in [1.807, 2.05) is 6.08 Å². The maximum absolute atomic E-state index is 12.5. The van der Waals surface area contributed by atoms with Crippen LogP contribution in [0.2, 0.25) is 0 Å². The van der Waals surface area contributed by atoms with Gasteiger partial charge < -0.3 is 15.5 Å². The zero-order valence-corrected chi connectivity index (χ0v) is 49.7. The number of carbonyl (C=O) groups excluding carboxylic acids is 1. The van der Waals surface area contributed by atoms with Gasteiger partial charge in [0.05, 0.1) is 18.8 Å². The van der Waals surface area contributed by atoms with E-state index in [-0.39, 0.29) is 12.5 Å². The van der Waals surface area contributed by atoms with Gasteiger partial charge in [-0.25, -0.2) is 0 Å². The predicted molar refractivity (Wildman–Crippen MR) is 327 cm³/mol. The predicted octanol–water partition coefficient (Wildman–Crippen LogP) is 22.5. The molecule has 0 aromatic heterocycles. The molecule has 0 fully saturated rings. The lowest BCUT2D eigenvalue weighted by Crippen LogP contribution is -2.45. The molecule has 0 aliphatic rings. The van der Waals surface area contributed by atoms with Gasteiger partial charge in [-0.05, 0) is 57.8 Å². The summed E-state index contributed by atoms with van der Waals surface area (Å²) in [4.78, 5) is 12.5. The first-order valence-corrected chi connectivity index (χ1v) is 33.4. The summed E-state index contributed by atoms with van der Waals surface area (Å²) in [6, 6.07) is -0.621. The first-order chi connectivity index (χ1) is 36.2. The molecule has 0 aromatic carbocycles. The summed E-state index contributed by atoms with van der Waals surface area (Å²) >= 11 is 0. The fourth-order valence-corrected chi connectivity index (χ4v) is 10.5. The topological polar surface area (TPSA) is 69.6 Å². The lowest BCUT2D eigenvalue weighted by Gasteiger charge is -2.20. The fourth-order valence-electron chi connectivity index (χ4n) is 10.5. The third-order valence-corrected chi connectivity index (χ3v) is 15.6. The summed E-state index contributed by atoms with van der Waals surface area (Å²) in [7, 11) is 0. The Hall–Kier alpha value is -1.65. The van der Waals surface area contributed by atoms with Gasteiger partial charge in [0.25, 0.3) is 0 Å². The van der Waals surface area contributed by atoms with Crippen LogP contribution in [0, 0.1) is 0 Å². The molecule has 430 valence electrons. The Morgan fingerprint density at radius 2 is 0.562 bits per heavy atom. The molecular formula is C69H131NO3. The summed E-state index contributed by atoms with van der Waals surface area (Å²) < 4.78 is 0. The molecule has 3 N–H and O–H groups in total. The second kappa shape index (κ2) is 64.6. The van der Waals surface area contributed by atoms with Crippen molar-refractivity contribution in [2.45, 2.75) is 379 Å². The van der Waals surface area contributed by atoms with Crippen molar-refractivity contribution in [1.82, 2.24) is 5.32 Å². The molecule has 2 atom stereocenters. The van der Waals surface area contributed by atoms with Gasteiger partial charge in [0.2, 0.25) is 5.91 Å². The minimum atomic E-state index is -0.838. The van der Waals surface area contributed by atoms with Crippen LogP contribution in [0.3, 0.4) is 0 Å². The Balaban J connectivity index is 3.40. The molecule has 0 aromatic rings. The van der Waals surface area contributed by atoms with E-state index in [9.17, 15) is 15.0 Å². The first kappa shape index (κ1) is 71.3. The zero-order valence-electron chi connectivity index (χ0n) is 49.7. The van der Waals surface area contributed by atoms with Gasteiger partial charge in [-0.3, -0.25) is 4.79 Å². The zero-order chi connectivity index (χ0) is 52.7. The van der Waals surface area contributed by atoms with Crippen molar-refractivity contribution in [1.29, 1.82) is 0 Å². The molecular weight excluding hydrogens is 891 g/mol. The number of aliphatic hydroxyl groups is 2. The molecule has 0 aliphatic heterocycles.